The molecular weight excluding hydrogens is 525 g/mol. The number of hydrogen-bond donors (Lipinski definition) is 1. The maximum absolute atomic E-state index is 14.1. The molecular formula is C29H34FNO9. The van der Waals surface area contributed by atoms with Crippen LogP contribution in [-0.2, 0) is 44.5 Å². The van der Waals surface area contributed by atoms with Gasteiger partial charge in [0.15, 0.2) is 0 Å². The first-order chi connectivity index (χ1) is 18.9. The van der Waals surface area contributed by atoms with Gasteiger partial charge in [0.2, 0.25) is 18.3 Å². The lowest BCUT2D eigenvalue weighted by atomic mass is 9.90. The largest absolute Gasteiger partial charge is 0.463 e. The Morgan fingerprint density at radius 3 is 2.25 bits per heavy atom. The minimum atomic E-state index is -1.24. The minimum absolute atomic E-state index is 0.141. The van der Waals surface area contributed by atoms with Gasteiger partial charge in [0.25, 0.3) is 0 Å². The summed E-state index contributed by atoms with van der Waals surface area (Å²) in [5, 5.41) is 2.75. The fourth-order valence-corrected chi connectivity index (χ4v) is 4.48. The molecule has 3 rings (SSSR count). The van der Waals surface area contributed by atoms with Crippen molar-refractivity contribution in [3.63, 3.8) is 0 Å². The van der Waals surface area contributed by atoms with Crippen molar-refractivity contribution in [2.75, 3.05) is 13.2 Å². The van der Waals surface area contributed by atoms with E-state index in [1.807, 2.05) is 0 Å². The first-order valence-electron chi connectivity index (χ1n) is 12.9. The van der Waals surface area contributed by atoms with Crippen LogP contribution in [0.15, 0.2) is 42.5 Å². The van der Waals surface area contributed by atoms with Crippen LogP contribution in [-0.4, -0.2) is 61.6 Å². The van der Waals surface area contributed by atoms with Crippen LogP contribution in [0.4, 0.5) is 4.39 Å². The summed E-state index contributed by atoms with van der Waals surface area (Å²) in [7, 11) is 0. The Bertz CT molecular complexity index is 1230. The zero-order chi connectivity index (χ0) is 29.4. The third kappa shape index (κ3) is 8.51. The molecule has 5 atom stereocenters. The van der Waals surface area contributed by atoms with Crippen LogP contribution >= 0.6 is 0 Å². The molecule has 1 aliphatic heterocycles. The molecule has 0 spiro atoms. The summed E-state index contributed by atoms with van der Waals surface area (Å²) >= 11 is 0. The number of hydrogen-bond acceptors (Lipinski definition) is 9. The molecule has 2 aromatic carbocycles. The molecule has 1 amide bonds. The lowest BCUT2D eigenvalue weighted by Crippen LogP contribution is -2.59. The summed E-state index contributed by atoms with van der Waals surface area (Å²) in [5.74, 6) is -2.57. The summed E-state index contributed by atoms with van der Waals surface area (Å²) in [4.78, 5) is 46.8. The van der Waals surface area contributed by atoms with Gasteiger partial charge in [-0.3, -0.25) is 19.2 Å². The summed E-state index contributed by atoms with van der Waals surface area (Å²) in [6, 6.07) is 11.2. The molecule has 40 heavy (non-hydrogen) atoms. The summed E-state index contributed by atoms with van der Waals surface area (Å²) < 4.78 is 42.5. The number of halogens is 1. The average molecular weight is 560 g/mol. The second-order valence-corrected chi connectivity index (χ2v) is 9.53. The van der Waals surface area contributed by atoms with E-state index in [0.717, 1.165) is 5.56 Å². The molecule has 1 N–H and O–H groups in total. The van der Waals surface area contributed by atoms with Gasteiger partial charge in [-0.2, -0.15) is 0 Å². The van der Waals surface area contributed by atoms with Crippen LogP contribution in [0.5, 0.6) is 5.75 Å². The number of carbonyl (C=O) groups is 4. The SMILES string of the molecule is CC(=O)NCCc1ccc(O[C@@H]2O[C@@H](COC(C)=O)[C@H](C)[C@@H](OC(C)=O)[C@H]2OC(C)=O)cc1-c1cccc(F)c1. The maximum atomic E-state index is 14.1. The average Bonchev–Trinajstić information content (AvgIpc) is 2.87. The predicted octanol–water partition coefficient (Wildman–Crippen LogP) is 3.34. The first kappa shape index (κ1) is 30.6. The number of esters is 3. The van der Waals surface area contributed by atoms with E-state index in [9.17, 15) is 23.6 Å². The smallest absolute Gasteiger partial charge is 0.303 e. The van der Waals surface area contributed by atoms with Crippen molar-refractivity contribution >= 4 is 23.8 Å². The fourth-order valence-electron chi connectivity index (χ4n) is 4.48. The summed E-state index contributed by atoms with van der Waals surface area (Å²) in [6.07, 6.45) is -3.61. The van der Waals surface area contributed by atoms with Crippen molar-refractivity contribution in [2.45, 2.75) is 65.6 Å². The molecule has 216 valence electrons. The molecule has 1 saturated heterocycles. The highest BCUT2D eigenvalue weighted by atomic mass is 19.1. The molecule has 0 bridgehead atoms. The minimum Gasteiger partial charge on any atom is -0.463 e. The van der Waals surface area contributed by atoms with Crippen molar-refractivity contribution in [3.05, 3.63) is 53.8 Å². The Morgan fingerprint density at radius 2 is 1.62 bits per heavy atom. The van der Waals surface area contributed by atoms with Crippen molar-refractivity contribution < 1.29 is 47.3 Å². The number of amides is 1. The van der Waals surface area contributed by atoms with E-state index in [1.54, 1.807) is 37.3 Å². The lowest BCUT2D eigenvalue weighted by Gasteiger charge is -2.43. The topological polar surface area (TPSA) is 126 Å². The van der Waals surface area contributed by atoms with Crippen molar-refractivity contribution in [3.8, 4) is 16.9 Å². The van der Waals surface area contributed by atoms with Gasteiger partial charge < -0.3 is 29.0 Å². The van der Waals surface area contributed by atoms with Crippen LogP contribution < -0.4 is 10.1 Å². The number of benzene rings is 2. The Morgan fingerprint density at radius 1 is 0.925 bits per heavy atom. The third-order valence-electron chi connectivity index (χ3n) is 6.30. The molecule has 0 aromatic heterocycles. The third-order valence-corrected chi connectivity index (χ3v) is 6.30. The van der Waals surface area contributed by atoms with Crippen LogP contribution in [0, 0.1) is 11.7 Å². The first-order valence-corrected chi connectivity index (χ1v) is 12.9. The van der Waals surface area contributed by atoms with E-state index in [-0.39, 0.29) is 12.5 Å². The lowest BCUT2D eigenvalue weighted by molar-refractivity contribution is -0.271. The van der Waals surface area contributed by atoms with E-state index >= 15 is 0 Å². The van der Waals surface area contributed by atoms with Gasteiger partial charge >= 0.3 is 17.9 Å². The van der Waals surface area contributed by atoms with E-state index in [1.165, 1.54) is 39.8 Å². The number of nitrogens with one attached hydrogen (secondary N) is 1. The molecule has 0 unspecified atom stereocenters. The molecule has 0 saturated carbocycles. The Balaban J connectivity index is 1.98. The van der Waals surface area contributed by atoms with Gasteiger partial charge in [0.1, 0.15) is 30.4 Å². The standard InChI is InChI=1S/C29H34FNO9/c1-16-26(15-36-18(3)33)40-29(28(38-20(5)35)27(16)37-19(4)34)39-24-10-9-21(11-12-31-17(2)32)25(14-24)22-7-6-8-23(30)13-22/h6-10,13-14,16,26-29H,11-12,15H2,1-5H3,(H,31,32)/t16-,26-,27+,28+,29+/m0/s1. The number of rotatable bonds is 10. The maximum Gasteiger partial charge on any atom is 0.303 e. The molecule has 1 fully saturated rings. The molecule has 10 nitrogen and oxygen atoms in total. The number of ether oxygens (including phenoxy) is 5. The van der Waals surface area contributed by atoms with Crippen LogP contribution in [0.25, 0.3) is 11.1 Å². The molecule has 11 heteroatoms. The van der Waals surface area contributed by atoms with Gasteiger partial charge in [-0.05, 0) is 47.4 Å². The van der Waals surface area contributed by atoms with Crippen LogP contribution in [0.3, 0.4) is 0 Å². The highest BCUT2D eigenvalue weighted by Crippen LogP contribution is 2.34. The molecule has 1 heterocycles. The van der Waals surface area contributed by atoms with Crippen LogP contribution in [0.2, 0.25) is 0 Å². The molecule has 2 aromatic rings. The van der Waals surface area contributed by atoms with Crippen molar-refractivity contribution in [1.29, 1.82) is 0 Å². The van der Waals surface area contributed by atoms with E-state index in [0.29, 0.717) is 29.8 Å². The molecule has 1 aliphatic rings. The van der Waals surface area contributed by atoms with Gasteiger partial charge in [-0.15, -0.1) is 0 Å². The summed E-state index contributed by atoms with van der Waals surface area (Å²) in [5.41, 5.74) is 2.07. The Hall–Kier alpha value is -3.99. The monoisotopic (exact) mass is 559 g/mol. The van der Waals surface area contributed by atoms with Gasteiger partial charge in [0.05, 0.1) is 0 Å². The van der Waals surface area contributed by atoms with Gasteiger partial charge in [-0.25, -0.2) is 4.39 Å². The molecule has 0 radical (unpaired) electrons. The normalized spacial score (nSPS) is 22.1. The number of carbonyl (C=O) groups excluding carboxylic acids is 4. The zero-order valence-corrected chi connectivity index (χ0v) is 23.1. The van der Waals surface area contributed by atoms with E-state index in [2.05, 4.69) is 5.32 Å². The Kier molecular flexibility index (Phi) is 10.6. The Labute approximate surface area is 232 Å². The van der Waals surface area contributed by atoms with E-state index in [4.69, 9.17) is 23.7 Å². The van der Waals surface area contributed by atoms with Gasteiger partial charge in [0, 0.05) is 40.2 Å². The predicted molar refractivity (Wildman–Crippen MR) is 140 cm³/mol. The fraction of sp³-hybridized carbons (Fsp3) is 0.448. The van der Waals surface area contributed by atoms with Crippen molar-refractivity contribution in [2.24, 2.45) is 5.92 Å². The molecule has 0 aliphatic carbocycles. The van der Waals surface area contributed by atoms with E-state index < -0.39 is 54.2 Å². The highest BCUT2D eigenvalue weighted by molar-refractivity contribution is 5.73. The highest BCUT2D eigenvalue weighted by Gasteiger charge is 2.49. The van der Waals surface area contributed by atoms with Gasteiger partial charge in [-0.1, -0.05) is 25.1 Å². The van der Waals surface area contributed by atoms with Crippen LogP contribution in [0.1, 0.15) is 40.2 Å². The summed E-state index contributed by atoms with van der Waals surface area (Å²) in [6.45, 7) is 7.08. The quantitative estimate of drug-likeness (QED) is 0.345. The second kappa shape index (κ2) is 13.9. The van der Waals surface area contributed by atoms with Crippen molar-refractivity contribution in [1.82, 2.24) is 5.32 Å². The second-order valence-electron chi connectivity index (χ2n) is 9.53. The zero-order valence-electron chi connectivity index (χ0n) is 23.1.